The van der Waals surface area contributed by atoms with Crippen molar-refractivity contribution < 1.29 is 0 Å². The summed E-state index contributed by atoms with van der Waals surface area (Å²) < 4.78 is 0. The molecule has 70 valence electrons. The van der Waals surface area contributed by atoms with Gasteiger partial charge in [0.1, 0.15) is 0 Å². The zero-order chi connectivity index (χ0) is 9.26. The molecule has 0 saturated heterocycles. The topological polar surface area (TPSA) is 12.0 Å². The van der Waals surface area contributed by atoms with Crippen molar-refractivity contribution in [1.29, 1.82) is 0 Å². The van der Waals surface area contributed by atoms with Crippen LogP contribution in [0.25, 0.3) is 0 Å². The van der Waals surface area contributed by atoms with Gasteiger partial charge in [-0.25, -0.2) is 0 Å². The molecule has 0 saturated carbocycles. The molecule has 0 spiro atoms. The summed E-state index contributed by atoms with van der Waals surface area (Å²) in [6, 6.07) is 6.85. The molecule has 2 rings (SSSR count). The minimum atomic E-state index is 0.664. The lowest BCUT2D eigenvalue weighted by Crippen LogP contribution is -2.18. The lowest BCUT2D eigenvalue weighted by Gasteiger charge is -2.12. The van der Waals surface area contributed by atoms with Gasteiger partial charge in [-0.15, -0.1) is 0 Å². The molecule has 1 heterocycles. The van der Waals surface area contributed by atoms with Gasteiger partial charge in [0.25, 0.3) is 0 Å². The lowest BCUT2D eigenvalue weighted by molar-refractivity contribution is 0.644. The highest BCUT2D eigenvalue weighted by Crippen LogP contribution is 2.23. The summed E-state index contributed by atoms with van der Waals surface area (Å²) in [5.41, 5.74) is 4.46. The highest BCUT2D eigenvalue weighted by atomic mass is 14.9. The molecule has 13 heavy (non-hydrogen) atoms. The summed E-state index contributed by atoms with van der Waals surface area (Å²) in [4.78, 5) is 0. The van der Waals surface area contributed by atoms with E-state index >= 15 is 0 Å². The smallest absolute Gasteiger partial charge is 0.00177 e. The van der Waals surface area contributed by atoms with Crippen LogP contribution in [0.4, 0.5) is 0 Å². The minimum Gasteiger partial charge on any atom is -0.316 e. The summed E-state index contributed by atoms with van der Waals surface area (Å²) in [6.45, 7) is 6.72. The average Bonchev–Trinajstić information content (AvgIpc) is 2.29. The van der Waals surface area contributed by atoms with Gasteiger partial charge in [0, 0.05) is 6.54 Å². The number of hydrogen-bond acceptors (Lipinski definition) is 1. The van der Waals surface area contributed by atoms with Crippen LogP contribution in [0.1, 0.15) is 29.5 Å². The molecule has 1 nitrogen and oxygen atoms in total. The molecule has 1 heteroatoms. The zero-order valence-electron chi connectivity index (χ0n) is 8.43. The van der Waals surface area contributed by atoms with E-state index in [2.05, 4.69) is 37.4 Å². The van der Waals surface area contributed by atoms with E-state index in [1.54, 1.807) is 5.56 Å². The van der Waals surface area contributed by atoms with Crippen LogP contribution < -0.4 is 5.32 Å². The second-order valence-corrected chi connectivity index (χ2v) is 4.06. The Hall–Kier alpha value is -0.820. The molecule has 1 aliphatic heterocycles. The molecule has 1 atom stereocenters. The Bertz CT molecular complexity index is 304. The van der Waals surface area contributed by atoms with Crippen LogP contribution in [0.3, 0.4) is 0 Å². The van der Waals surface area contributed by atoms with Crippen LogP contribution >= 0.6 is 0 Å². The van der Waals surface area contributed by atoms with Gasteiger partial charge in [-0.3, -0.25) is 0 Å². The van der Waals surface area contributed by atoms with Crippen molar-refractivity contribution in [3.05, 3.63) is 34.9 Å². The third kappa shape index (κ3) is 1.75. The SMILES string of the molecule is Cc1ccc2c(c1)C(C)CNCC2. The van der Waals surface area contributed by atoms with Crippen LogP contribution in [0.5, 0.6) is 0 Å². The van der Waals surface area contributed by atoms with Gasteiger partial charge < -0.3 is 5.32 Å². The van der Waals surface area contributed by atoms with Crippen LogP contribution in [0.15, 0.2) is 18.2 Å². The maximum Gasteiger partial charge on any atom is 0.00177 e. The molecule has 1 aromatic carbocycles. The van der Waals surface area contributed by atoms with Crippen molar-refractivity contribution in [1.82, 2.24) is 5.32 Å². The van der Waals surface area contributed by atoms with E-state index in [4.69, 9.17) is 0 Å². The Balaban J connectivity index is 2.43. The fourth-order valence-electron chi connectivity index (χ4n) is 2.05. The van der Waals surface area contributed by atoms with Crippen molar-refractivity contribution >= 4 is 0 Å². The van der Waals surface area contributed by atoms with E-state index in [1.165, 1.54) is 17.5 Å². The maximum absolute atomic E-state index is 3.46. The van der Waals surface area contributed by atoms with Crippen molar-refractivity contribution in [2.75, 3.05) is 13.1 Å². The quantitative estimate of drug-likeness (QED) is 0.637. The van der Waals surface area contributed by atoms with Gasteiger partial charge in [-0.2, -0.15) is 0 Å². The summed E-state index contributed by atoms with van der Waals surface area (Å²) >= 11 is 0. The molecule has 1 aliphatic rings. The first-order valence-electron chi connectivity index (χ1n) is 5.07. The molecule has 0 aromatic heterocycles. The number of benzene rings is 1. The van der Waals surface area contributed by atoms with Gasteiger partial charge in [0.05, 0.1) is 0 Å². The van der Waals surface area contributed by atoms with Gasteiger partial charge in [0.2, 0.25) is 0 Å². The van der Waals surface area contributed by atoms with Crippen molar-refractivity contribution in [3.63, 3.8) is 0 Å². The molecule has 0 radical (unpaired) electrons. The highest BCUT2D eigenvalue weighted by Gasteiger charge is 2.13. The Morgan fingerprint density at radius 3 is 3.08 bits per heavy atom. The normalized spacial score (nSPS) is 22.2. The third-order valence-electron chi connectivity index (χ3n) is 2.85. The zero-order valence-corrected chi connectivity index (χ0v) is 8.43. The van der Waals surface area contributed by atoms with Gasteiger partial charge in [-0.05, 0) is 36.9 Å². The number of nitrogens with one attached hydrogen (secondary N) is 1. The fourth-order valence-corrected chi connectivity index (χ4v) is 2.05. The molecule has 1 unspecified atom stereocenters. The van der Waals surface area contributed by atoms with E-state index < -0.39 is 0 Å². The monoisotopic (exact) mass is 175 g/mol. The summed E-state index contributed by atoms with van der Waals surface area (Å²) in [5, 5.41) is 3.46. The molecular weight excluding hydrogens is 158 g/mol. The summed E-state index contributed by atoms with van der Waals surface area (Å²) in [6.07, 6.45) is 1.18. The first-order valence-corrected chi connectivity index (χ1v) is 5.07. The predicted molar refractivity (Wildman–Crippen MR) is 56.2 cm³/mol. The van der Waals surface area contributed by atoms with Crippen LogP contribution in [0.2, 0.25) is 0 Å². The van der Waals surface area contributed by atoms with Crippen LogP contribution in [0, 0.1) is 6.92 Å². The standard InChI is InChI=1S/C12H17N/c1-9-3-4-11-5-6-13-8-10(2)12(11)7-9/h3-4,7,10,13H,5-6,8H2,1-2H3. The van der Waals surface area contributed by atoms with Crippen molar-refractivity contribution in [2.24, 2.45) is 0 Å². The van der Waals surface area contributed by atoms with E-state index in [0.29, 0.717) is 5.92 Å². The first-order chi connectivity index (χ1) is 6.27. The average molecular weight is 175 g/mol. The van der Waals surface area contributed by atoms with E-state index in [-0.39, 0.29) is 0 Å². The summed E-state index contributed by atoms with van der Waals surface area (Å²) in [5.74, 6) is 0.664. The Labute approximate surface area is 80.2 Å². The maximum atomic E-state index is 3.46. The third-order valence-corrected chi connectivity index (χ3v) is 2.85. The second kappa shape index (κ2) is 3.51. The Morgan fingerprint density at radius 2 is 2.23 bits per heavy atom. The van der Waals surface area contributed by atoms with E-state index in [1.807, 2.05) is 0 Å². The fraction of sp³-hybridized carbons (Fsp3) is 0.500. The van der Waals surface area contributed by atoms with Gasteiger partial charge in [-0.1, -0.05) is 30.7 Å². The number of rotatable bonds is 0. The number of fused-ring (bicyclic) bond motifs is 1. The highest BCUT2D eigenvalue weighted by molar-refractivity contribution is 5.35. The van der Waals surface area contributed by atoms with Crippen LogP contribution in [-0.4, -0.2) is 13.1 Å². The van der Waals surface area contributed by atoms with E-state index in [9.17, 15) is 0 Å². The van der Waals surface area contributed by atoms with E-state index in [0.717, 1.165) is 13.1 Å². The summed E-state index contributed by atoms with van der Waals surface area (Å²) in [7, 11) is 0. The lowest BCUT2D eigenvalue weighted by atomic mass is 9.94. The molecule has 0 bridgehead atoms. The molecular formula is C12H17N. The largest absolute Gasteiger partial charge is 0.316 e. The Kier molecular flexibility index (Phi) is 2.36. The minimum absolute atomic E-state index is 0.664. The second-order valence-electron chi connectivity index (χ2n) is 4.06. The molecule has 0 amide bonds. The first kappa shape index (κ1) is 8.76. The number of hydrogen-bond donors (Lipinski definition) is 1. The molecule has 1 N–H and O–H groups in total. The molecule has 1 aromatic rings. The predicted octanol–water partition coefficient (Wildman–Crippen LogP) is 2.24. The van der Waals surface area contributed by atoms with Crippen molar-refractivity contribution in [3.8, 4) is 0 Å². The van der Waals surface area contributed by atoms with Crippen molar-refractivity contribution in [2.45, 2.75) is 26.2 Å². The van der Waals surface area contributed by atoms with Crippen LogP contribution in [-0.2, 0) is 6.42 Å². The molecule has 0 fully saturated rings. The van der Waals surface area contributed by atoms with Gasteiger partial charge in [0.15, 0.2) is 0 Å². The number of aryl methyl sites for hydroxylation is 1. The van der Waals surface area contributed by atoms with Gasteiger partial charge >= 0.3 is 0 Å². The Morgan fingerprint density at radius 1 is 1.38 bits per heavy atom. The molecule has 0 aliphatic carbocycles.